The summed E-state index contributed by atoms with van der Waals surface area (Å²) in [7, 11) is -3.68. The molecule has 0 amide bonds. The van der Waals surface area contributed by atoms with Gasteiger partial charge in [-0.05, 0) is 54.6 Å². The van der Waals surface area contributed by atoms with Crippen molar-refractivity contribution in [3.8, 4) is 0 Å². The molecule has 3 rings (SSSR count). The van der Waals surface area contributed by atoms with Crippen molar-refractivity contribution in [1.82, 2.24) is 4.31 Å². The van der Waals surface area contributed by atoms with Gasteiger partial charge in [0.05, 0.1) is 10.3 Å². The first-order chi connectivity index (χ1) is 14.9. The number of allylic oxidation sites excluding steroid dienone is 1. The summed E-state index contributed by atoms with van der Waals surface area (Å²) in [6.07, 6.45) is 4.16. The lowest BCUT2D eigenvalue weighted by atomic mass is 10.1. The lowest BCUT2D eigenvalue weighted by Gasteiger charge is -2.21. The van der Waals surface area contributed by atoms with E-state index in [0.29, 0.717) is 36.9 Å². The van der Waals surface area contributed by atoms with Crippen molar-refractivity contribution in [2.45, 2.75) is 31.6 Å². The van der Waals surface area contributed by atoms with Crippen LogP contribution in [0.4, 0.5) is 0 Å². The molecule has 0 fully saturated rings. The van der Waals surface area contributed by atoms with Gasteiger partial charge in [0, 0.05) is 18.7 Å². The Labute approximate surface area is 181 Å². The van der Waals surface area contributed by atoms with Crippen molar-refractivity contribution in [2.75, 3.05) is 13.1 Å². The summed E-state index contributed by atoms with van der Waals surface area (Å²) >= 11 is 0. The Kier molecular flexibility index (Phi) is 7.20. The van der Waals surface area contributed by atoms with Crippen molar-refractivity contribution in [2.24, 2.45) is 0 Å². The van der Waals surface area contributed by atoms with Gasteiger partial charge in [-0.2, -0.15) is 4.31 Å². The number of nitrogens with zero attached hydrogens (tertiary/aromatic N) is 1. The minimum atomic E-state index is -3.68. The maximum Gasteiger partial charge on any atom is 0.344 e. The molecule has 0 spiro atoms. The average molecular weight is 440 g/mol. The molecule has 1 heterocycles. The van der Waals surface area contributed by atoms with E-state index in [1.165, 1.54) is 34.7 Å². The van der Waals surface area contributed by atoms with Crippen molar-refractivity contribution in [3.63, 3.8) is 0 Å². The maximum absolute atomic E-state index is 13.1. The molecule has 0 radical (unpaired) electrons. The standard InChI is InChI=1S/C24H25NO5S/c1-3-14-25(15-4-2)31(28,29)21-11-12-22-19(17-21)16-20(30-24(22)27)10-13-23(26)18-8-6-5-7-9-18/h5-13,16-17H,3-4,14-15H2,1-2H3/b13-10+. The Morgan fingerprint density at radius 2 is 1.68 bits per heavy atom. The van der Waals surface area contributed by atoms with Gasteiger partial charge in [-0.3, -0.25) is 4.79 Å². The number of hydrogen-bond acceptors (Lipinski definition) is 5. The molecule has 162 valence electrons. The van der Waals surface area contributed by atoms with E-state index in [1.54, 1.807) is 30.3 Å². The van der Waals surface area contributed by atoms with Gasteiger partial charge < -0.3 is 4.42 Å². The minimum absolute atomic E-state index is 0.128. The highest BCUT2D eigenvalue weighted by Gasteiger charge is 2.23. The van der Waals surface area contributed by atoms with E-state index < -0.39 is 15.6 Å². The summed E-state index contributed by atoms with van der Waals surface area (Å²) in [5.74, 6) is -0.0512. The minimum Gasteiger partial charge on any atom is -0.423 e. The smallest absolute Gasteiger partial charge is 0.344 e. The fourth-order valence-corrected chi connectivity index (χ4v) is 4.95. The molecule has 3 aromatic rings. The zero-order chi connectivity index (χ0) is 22.4. The topological polar surface area (TPSA) is 84.7 Å². The van der Waals surface area contributed by atoms with Crippen LogP contribution in [0.5, 0.6) is 0 Å². The van der Waals surface area contributed by atoms with Crippen molar-refractivity contribution in [1.29, 1.82) is 0 Å². The van der Waals surface area contributed by atoms with Crippen LogP contribution >= 0.6 is 0 Å². The van der Waals surface area contributed by atoms with Crippen LogP contribution in [0.25, 0.3) is 16.8 Å². The number of carbonyl (C=O) groups is 1. The van der Waals surface area contributed by atoms with Gasteiger partial charge in [0.2, 0.25) is 10.0 Å². The molecule has 2 aromatic carbocycles. The molecule has 0 saturated carbocycles. The van der Waals surface area contributed by atoms with Crippen LogP contribution < -0.4 is 5.63 Å². The number of rotatable bonds is 9. The third kappa shape index (κ3) is 5.18. The molecule has 0 bridgehead atoms. The van der Waals surface area contributed by atoms with Gasteiger partial charge in [0.25, 0.3) is 0 Å². The van der Waals surface area contributed by atoms with Crippen LogP contribution in [0, 0.1) is 0 Å². The van der Waals surface area contributed by atoms with E-state index in [2.05, 4.69) is 0 Å². The zero-order valence-corrected chi connectivity index (χ0v) is 18.4. The van der Waals surface area contributed by atoms with Crippen LogP contribution in [-0.4, -0.2) is 31.6 Å². The molecule has 7 heteroatoms. The van der Waals surface area contributed by atoms with Crippen LogP contribution in [0.2, 0.25) is 0 Å². The third-order valence-electron chi connectivity index (χ3n) is 4.79. The number of ketones is 1. The first-order valence-electron chi connectivity index (χ1n) is 10.2. The van der Waals surface area contributed by atoms with E-state index >= 15 is 0 Å². The van der Waals surface area contributed by atoms with E-state index in [9.17, 15) is 18.0 Å². The van der Waals surface area contributed by atoms with Crippen LogP contribution in [-0.2, 0) is 10.0 Å². The summed E-state index contributed by atoms with van der Waals surface area (Å²) in [5, 5.41) is 0.722. The second-order valence-electron chi connectivity index (χ2n) is 7.15. The summed E-state index contributed by atoms with van der Waals surface area (Å²) < 4.78 is 32.9. The molecular weight excluding hydrogens is 414 g/mol. The van der Waals surface area contributed by atoms with Gasteiger partial charge in [-0.1, -0.05) is 44.2 Å². The molecule has 0 aliphatic rings. The lowest BCUT2D eigenvalue weighted by Crippen LogP contribution is -2.32. The molecule has 31 heavy (non-hydrogen) atoms. The van der Waals surface area contributed by atoms with Crippen molar-refractivity contribution < 1.29 is 17.6 Å². The number of fused-ring (bicyclic) bond motifs is 1. The summed E-state index contributed by atoms with van der Waals surface area (Å²) in [5.41, 5.74) is -0.0746. The van der Waals surface area contributed by atoms with Crippen LogP contribution in [0.15, 0.2) is 74.8 Å². The number of hydrogen-bond donors (Lipinski definition) is 0. The summed E-state index contributed by atoms with van der Waals surface area (Å²) in [6.45, 7) is 4.72. The SMILES string of the molecule is CCCN(CCC)S(=O)(=O)c1ccc2c(=O)oc(/C=C/C(=O)c3ccccc3)cc2c1. The van der Waals surface area contributed by atoms with Gasteiger partial charge in [-0.25, -0.2) is 13.2 Å². The van der Waals surface area contributed by atoms with Gasteiger partial charge in [0.1, 0.15) is 5.76 Å². The van der Waals surface area contributed by atoms with Gasteiger partial charge >= 0.3 is 5.63 Å². The van der Waals surface area contributed by atoms with Crippen LogP contribution in [0.3, 0.4) is 0 Å². The predicted octanol–water partition coefficient (Wildman–Crippen LogP) is 4.50. The summed E-state index contributed by atoms with van der Waals surface area (Å²) in [4.78, 5) is 24.8. The Balaban J connectivity index is 1.98. The van der Waals surface area contributed by atoms with Gasteiger partial charge in [-0.15, -0.1) is 0 Å². The zero-order valence-electron chi connectivity index (χ0n) is 17.6. The molecule has 0 unspecified atom stereocenters. The quantitative estimate of drug-likeness (QED) is 0.362. The monoisotopic (exact) mass is 439 g/mol. The molecule has 0 N–H and O–H groups in total. The first kappa shape index (κ1) is 22.7. The maximum atomic E-state index is 13.1. The van der Waals surface area contributed by atoms with E-state index in [4.69, 9.17) is 4.42 Å². The molecule has 0 saturated heterocycles. The molecular formula is C24H25NO5S. The molecule has 1 aromatic heterocycles. The van der Waals surface area contributed by atoms with Gasteiger partial charge in [0.15, 0.2) is 5.78 Å². The molecule has 0 aliphatic heterocycles. The van der Waals surface area contributed by atoms with E-state index in [1.807, 2.05) is 19.9 Å². The molecule has 0 aliphatic carbocycles. The number of sulfonamides is 1. The second kappa shape index (κ2) is 9.85. The highest BCUT2D eigenvalue weighted by Crippen LogP contribution is 2.22. The Hall–Kier alpha value is -3.03. The Morgan fingerprint density at radius 3 is 2.32 bits per heavy atom. The Morgan fingerprint density at radius 1 is 1.00 bits per heavy atom. The fourth-order valence-electron chi connectivity index (χ4n) is 3.29. The third-order valence-corrected chi connectivity index (χ3v) is 6.69. The first-order valence-corrected chi connectivity index (χ1v) is 11.7. The van der Waals surface area contributed by atoms with Crippen LogP contribution in [0.1, 0.15) is 42.8 Å². The molecule has 6 nitrogen and oxygen atoms in total. The normalized spacial score (nSPS) is 12.1. The van der Waals surface area contributed by atoms with Crippen molar-refractivity contribution in [3.05, 3.63) is 82.4 Å². The van der Waals surface area contributed by atoms with E-state index in [-0.39, 0.29) is 21.8 Å². The average Bonchev–Trinajstić information content (AvgIpc) is 2.77. The van der Waals surface area contributed by atoms with E-state index in [0.717, 1.165) is 0 Å². The largest absolute Gasteiger partial charge is 0.423 e. The number of benzene rings is 2. The fraction of sp³-hybridized carbons (Fsp3) is 0.250. The second-order valence-corrected chi connectivity index (χ2v) is 9.09. The summed E-state index contributed by atoms with van der Waals surface area (Å²) in [6, 6.07) is 14.7. The lowest BCUT2D eigenvalue weighted by molar-refractivity contribution is 0.104. The predicted molar refractivity (Wildman–Crippen MR) is 122 cm³/mol. The van der Waals surface area contributed by atoms with Crippen molar-refractivity contribution >= 4 is 32.7 Å². The number of carbonyl (C=O) groups excluding carboxylic acids is 1. The highest BCUT2D eigenvalue weighted by atomic mass is 32.2. The Bertz CT molecular complexity index is 1250. The highest BCUT2D eigenvalue weighted by molar-refractivity contribution is 7.89. The molecule has 0 atom stereocenters.